The second kappa shape index (κ2) is 3.87. The molecule has 2 N–H and O–H groups in total. The third-order valence-electron chi connectivity index (χ3n) is 2.70. The summed E-state index contributed by atoms with van der Waals surface area (Å²) in [7, 11) is 0. The van der Waals surface area contributed by atoms with Crippen LogP contribution >= 0.6 is 0 Å². The second-order valence-electron chi connectivity index (χ2n) is 3.62. The van der Waals surface area contributed by atoms with Gasteiger partial charge in [-0.1, -0.05) is 0 Å². The Balaban J connectivity index is 2.51. The maximum absolute atomic E-state index is 13.2. The first-order valence-corrected chi connectivity index (χ1v) is 4.89. The molecule has 0 unspecified atom stereocenters. The minimum Gasteiger partial charge on any atom is -0.505 e. The van der Waals surface area contributed by atoms with Gasteiger partial charge in [0.25, 0.3) is 0 Å². The van der Waals surface area contributed by atoms with Crippen LogP contribution in [0.5, 0.6) is 5.75 Å². The molecule has 0 bridgehead atoms. The number of nitriles is 1. The van der Waals surface area contributed by atoms with E-state index in [1.807, 2.05) is 6.07 Å². The van der Waals surface area contributed by atoms with Crippen molar-refractivity contribution in [1.29, 1.82) is 5.26 Å². The van der Waals surface area contributed by atoms with Crippen molar-refractivity contribution in [2.75, 3.05) is 6.54 Å². The lowest BCUT2D eigenvalue weighted by Crippen LogP contribution is -2.14. The van der Waals surface area contributed by atoms with Crippen molar-refractivity contribution < 1.29 is 9.50 Å². The minimum atomic E-state index is -0.669. The van der Waals surface area contributed by atoms with Gasteiger partial charge in [-0.15, -0.1) is 0 Å². The van der Waals surface area contributed by atoms with Crippen LogP contribution in [0.15, 0.2) is 12.1 Å². The van der Waals surface area contributed by atoms with Crippen LogP contribution in [0.25, 0.3) is 0 Å². The van der Waals surface area contributed by atoms with E-state index in [1.165, 1.54) is 6.07 Å². The van der Waals surface area contributed by atoms with Crippen molar-refractivity contribution >= 4 is 0 Å². The summed E-state index contributed by atoms with van der Waals surface area (Å²) >= 11 is 0. The average Bonchev–Trinajstić information content (AvgIpc) is 2.75. The number of rotatable bonds is 1. The molecule has 2 rings (SSSR count). The Morgan fingerprint density at radius 1 is 1.53 bits per heavy atom. The molecule has 1 saturated heterocycles. The molecule has 78 valence electrons. The summed E-state index contributed by atoms with van der Waals surface area (Å²) in [6.45, 7) is 0.839. The summed E-state index contributed by atoms with van der Waals surface area (Å²) in [5.41, 5.74) is 0.739. The van der Waals surface area contributed by atoms with Crippen LogP contribution in [0.1, 0.15) is 30.0 Å². The molecule has 0 amide bonds. The van der Waals surface area contributed by atoms with Crippen LogP contribution in [0, 0.1) is 17.1 Å². The highest BCUT2D eigenvalue weighted by Crippen LogP contribution is 2.34. The molecule has 3 nitrogen and oxygen atoms in total. The second-order valence-corrected chi connectivity index (χ2v) is 3.62. The van der Waals surface area contributed by atoms with Crippen molar-refractivity contribution in [3.8, 4) is 11.8 Å². The van der Waals surface area contributed by atoms with Crippen LogP contribution in [-0.2, 0) is 0 Å². The lowest BCUT2D eigenvalue weighted by Gasteiger charge is -2.14. The Morgan fingerprint density at radius 2 is 2.33 bits per heavy atom. The van der Waals surface area contributed by atoms with Crippen molar-refractivity contribution in [2.45, 2.75) is 18.9 Å². The van der Waals surface area contributed by atoms with E-state index >= 15 is 0 Å². The van der Waals surface area contributed by atoms with Crippen molar-refractivity contribution in [1.82, 2.24) is 5.32 Å². The molecule has 1 atom stereocenters. The number of phenols is 1. The number of nitrogens with zero attached hydrogens (tertiary/aromatic N) is 1. The van der Waals surface area contributed by atoms with Gasteiger partial charge in [0.15, 0.2) is 11.6 Å². The highest BCUT2D eigenvalue weighted by atomic mass is 19.1. The number of benzene rings is 1. The van der Waals surface area contributed by atoms with E-state index in [0.29, 0.717) is 11.1 Å². The SMILES string of the molecule is N#Cc1ccc(F)c(O)c1[C@@H]1CCCN1. The molecule has 0 aliphatic carbocycles. The monoisotopic (exact) mass is 206 g/mol. The molecule has 1 aliphatic rings. The predicted octanol–water partition coefficient (Wildman–Crippen LogP) is 1.83. The fourth-order valence-corrected chi connectivity index (χ4v) is 1.96. The van der Waals surface area contributed by atoms with Crippen LogP contribution in [0.3, 0.4) is 0 Å². The molecule has 4 heteroatoms. The molecule has 1 aromatic carbocycles. The topological polar surface area (TPSA) is 56.0 Å². The first kappa shape index (κ1) is 9.94. The van der Waals surface area contributed by atoms with E-state index in [9.17, 15) is 9.50 Å². The quantitative estimate of drug-likeness (QED) is 0.737. The van der Waals surface area contributed by atoms with Gasteiger partial charge in [0.2, 0.25) is 0 Å². The highest BCUT2D eigenvalue weighted by Gasteiger charge is 2.24. The van der Waals surface area contributed by atoms with Gasteiger partial charge in [0.05, 0.1) is 11.6 Å². The van der Waals surface area contributed by atoms with E-state index < -0.39 is 11.6 Å². The van der Waals surface area contributed by atoms with E-state index in [4.69, 9.17) is 5.26 Å². The summed E-state index contributed by atoms with van der Waals surface area (Å²) < 4.78 is 13.2. The fraction of sp³-hybridized carbons (Fsp3) is 0.364. The molecule has 15 heavy (non-hydrogen) atoms. The Bertz CT molecular complexity index is 419. The third kappa shape index (κ3) is 1.66. The Labute approximate surface area is 87.2 Å². The van der Waals surface area contributed by atoms with Gasteiger partial charge in [-0.3, -0.25) is 0 Å². The largest absolute Gasteiger partial charge is 0.505 e. The summed E-state index contributed by atoms with van der Waals surface area (Å²) in [5.74, 6) is -1.06. The van der Waals surface area contributed by atoms with E-state index in [1.54, 1.807) is 0 Å². The lowest BCUT2D eigenvalue weighted by atomic mass is 9.98. The van der Waals surface area contributed by atoms with E-state index in [2.05, 4.69) is 5.32 Å². The van der Waals surface area contributed by atoms with Crippen molar-refractivity contribution in [3.05, 3.63) is 29.1 Å². The Hall–Kier alpha value is -1.60. The van der Waals surface area contributed by atoms with Gasteiger partial charge in [-0.25, -0.2) is 4.39 Å². The van der Waals surface area contributed by atoms with Crippen LogP contribution in [0.4, 0.5) is 4.39 Å². The average molecular weight is 206 g/mol. The Morgan fingerprint density at radius 3 is 2.93 bits per heavy atom. The normalized spacial score (nSPS) is 20.1. The third-order valence-corrected chi connectivity index (χ3v) is 2.70. The van der Waals surface area contributed by atoms with Crippen LogP contribution in [-0.4, -0.2) is 11.7 Å². The standard InChI is InChI=1S/C11H11FN2O/c12-8-4-3-7(6-13)10(11(8)15)9-2-1-5-14-9/h3-4,9,14-15H,1-2,5H2/t9-/m0/s1. The number of aromatic hydroxyl groups is 1. The van der Waals surface area contributed by atoms with Gasteiger partial charge in [0.1, 0.15) is 0 Å². The summed E-state index contributed by atoms with van der Waals surface area (Å²) in [4.78, 5) is 0. The minimum absolute atomic E-state index is 0.102. The molecular weight excluding hydrogens is 195 g/mol. The molecule has 1 heterocycles. The molecule has 1 fully saturated rings. The molecule has 0 aromatic heterocycles. The van der Waals surface area contributed by atoms with Crippen molar-refractivity contribution in [3.63, 3.8) is 0 Å². The predicted molar refractivity (Wildman–Crippen MR) is 52.8 cm³/mol. The van der Waals surface area contributed by atoms with Gasteiger partial charge in [-0.2, -0.15) is 5.26 Å². The van der Waals surface area contributed by atoms with E-state index in [0.717, 1.165) is 25.5 Å². The molecule has 1 aromatic rings. The summed E-state index contributed by atoms with van der Waals surface area (Å²) in [5, 5.41) is 21.6. The smallest absolute Gasteiger partial charge is 0.165 e. The van der Waals surface area contributed by atoms with Crippen molar-refractivity contribution in [2.24, 2.45) is 0 Å². The highest BCUT2D eigenvalue weighted by molar-refractivity contribution is 5.48. The molecular formula is C11H11FN2O. The summed E-state index contributed by atoms with van der Waals surface area (Å²) in [6, 6.07) is 4.40. The van der Waals surface area contributed by atoms with Gasteiger partial charge >= 0.3 is 0 Å². The lowest BCUT2D eigenvalue weighted by molar-refractivity contribution is 0.417. The van der Waals surface area contributed by atoms with Gasteiger partial charge < -0.3 is 10.4 Å². The zero-order valence-corrected chi connectivity index (χ0v) is 8.13. The maximum Gasteiger partial charge on any atom is 0.165 e. The number of phenolic OH excluding ortho intramolecular Hbond substituents is 1. The molecule has 0 radical (unpaired) electrons. The van der Waals surface area contributed by atoms with Gasteiger partial charge in [-0.05, 0) is 31.5 Å². The van der Waals surface area contributed by atoms with Crippen LogP contribution < -0.4 is 5.32 Å². The van der Waals surface area contributed by atoms with E-state index in [-0.39, 0.29) is 6.04 Å². The first-order chi connectivity index (χ1) is 7.24. The zero-order chi connectivity index (χ0) is 10.8. The van der Waals surface area contributed by atoms with Gasteiger partial charge in [0, 0.05) is 11.6 Å². The maximum atomic E-state index is 13.2. The molecule has 0 saturated carbocycles. The molecule has 0 spiro atoms. The Kier molecular flexibility index (Phi) is 2.57. The number of hydrogen-bond acceptors (Lipinski definition) is 3. The first-order valence-electron chi connectivity index (χ1n) is 4.89. The van der Waals surface area contributed by atoms with Crippen LogP contribution in [0.2, 0.25) is 0 Å². The summed E-state index contributed by atoms with van der Waals surface area (Å²) in [6.07, 6.45) is 1.80. The fourth-order valence-electron chi connectivity index (χ4n) is 1.96. The number of halogens is 1. The number of hydrogen-bond donors (Lipinski definition) is 2. The number of nitrogens with one attached hydrogen (secondary N) is 1. The zero-order valence-electron chi connectivity index (χ0n) is 8.13. The molecule has 1 aliphatic heterocycles.